The molecular formula is C22H30F3N7. The van der Waals surface area contributed by atoms with Crippen LogP contribution >= 0.6 is 0 Å². The summed E-state index contributed by atoms with van der Waals surface area (Å²) in [7, 11) is 0. The summed E-state index contributed by atoms with van der Waals surface area (Å²) in [5, 5.41) is 9.11. The molecule has 1 aromatic heterocycles. The topological polar surface area (TPSA) is 77.5 Å². The number of aromatic nitrogens is 2. The van der Waals surface area contributed by atoms with E-state index in [9.17, 15) is 13.2 Å². The van der Waals surface area contributed by atoms with Crippen LogP contribution in [0.25, 0.3) is 0 Å². The van der Waals surface area contributed by atoms with Crippen LogP contribution in [0.5, 0.6) is 0 Å². The fraction of sp³-hybridized carbons (Fsp3) is 0.500. The summed E-state index contributed by atoms with van der Waals surface area (Å²) in [5.41, 5.74) is 1.46. The largest absolute Gasteiger partial charge is 0.433 e. The van der Waals surface area contributed by atoms with E-state index in [1.54, 1.807) is 0 Å². The molecule has 0 radical (unpaired) electrons. The number of likely N-dealkylation sites (tertiary alicyclic amines) is 1. The van der Waals surface area contributed by atoms with Gasteiger partial charge in [-0.05, 0) is 50.0 Å². The van der Waals surface area contributed by atoms with Crippen LogP contribution in [0.2, 0.25) is 0 Å². The quantitative estimate of drug-likeness (QED) is 0.310. The minimum atomic E-state index is -4.49. The summed E-state index contributed by atoms with van der Waals surface area (Å²) < 4.78 is 38.2. The van der Waals surface area contributed by atoms with Gasteiger partial charge in [0.25, 0.3) is 0 Å². The maximum absolute atomic E-state index is 12.7. The molecule has 0 aliphatic carbocycles. The molecule has 1 aliphatic rings. The number of nitrogens with zero attached hydrogens (tertiary/aromatic N) is 4. The normalized spacial score (nSPS) is 15.1. The molecular weight excluding hydrogens is 419 g/mol. The van der Waals surface area contributed by atoms with E-state index in [2.05, 4.69) is 60.1 Å². The molecule has 2 heterocycles. The molecule has 3 N–H and O–H groups in total. The van der Waals surface area contributed by atoms with Gasteiger partial charge >= 0.3 is 6.18 Å². The Bertz CT molecular complexity index is 863. The van der Waals surface area contributed by atoms with Crippen LogP contribution in [0.4, 0.5) is 19.1 Å². The van der Waals surface area contributed by atoms with Crippen LogP contribution in [-0.2, 0) is 19.3 Å². The van der Waals surface area contributed by atoms with Gasteiger partial charge in [0, 0.05) is 32.4 Å². The SMILES string of the molecule is CCNC(=NCc1ccc(CN2CCCC2)cc1)NCCNc1nccc(C(F)(F)F)n1. The number of alkyl halides is 3. The Morgan fingerprint density at radius 1 is 1.03 bits per heavy atom. The highest BCUT2D eigenvalue weighted by atomic mass is 19.4. The first kappa shape index (κ1) is 23.8. The Labute approximate surface area is 186 Å². The Hall–Kier alpha value is -2.88. The Kier molecular flexibility index (Phi) is 8.66. The predicted molar refractivity (Wildman–Crippen MR) is 119 cm³/mol. The van der Waals surface area contributed by atoms with Gasteiger partial charge in [0.2, 0.25) is 5.95 Å². The van der Waals surface area contributed by atoms with Crippen LogP contribution in [0.1, 0.15) is 36.6 Å². The maximum Gasteiger partial charge on any atom is 0.433 e. The van der Waals surface area contributed by atoms with Crippen molar-refractivity contribution >= 4 is 11.9 Å². The van der Waals surface area contributed by atoms with Gasteiger partial charge in [-0.15, -0.1) is 0 Å². The predicted octanol–water partition coefficient (Wildman–Crippen LogP) is 3.26. The highest BCUT2D eigenvalue weighted by Gasteiger charge is 2.32. The van der Waals surface area contributed by atoms with Crippen molar-refractivity contribution in [1.82, 2.24) is 25.5 Å². The van der Waals surface area contributed by atoms with Gasteiger partial charge < -0.3 is 16.0 Å². The zero-order chi connectivity index (χ0) is 22.8. The number of halogens is 3. The maximum atomic E-state index is 12.7. The summed E-state index contributed by atoms with van der Waals surface area (Å²) >= 11 is 0. The van der Waals surface area contributed by atoms with Gasteiger partial charge in [-0.2, -0.15) is 13.2 Å². The van der Waals surface area contributed by atoms with Gasteiger partial charge in [0.05, 0.1) is 6.54 Å². The summed E-state index contributed by atoms with van der Waals surface area (Å²) in [6.07, 6.45) is -0.826. The van der Waals surface area contributed by atoms with E-state index >= 15 is 0 Å². The average Bonchev–Trinajstić information content (AvgIpc) is 3.28. The average molecular weight is 450 g/mol. The number of rotatable bonds is 9. The number of benzene rings is 1. The molecule has 0 amide bonds. The summed E-state index contributed by atoms with van der Waals surface area (Å²) in [5.74, 6) is 0.581. The van der Waals surface area contributed by atoms with Crippen LogP contribution in [0.3, 0.4) is 0 Å². The van der Waals surface area contributed by atoms with E-state index in [-0.39, 0.29) is 5.95 Å². The molecule has 0 bridgehead atoms. The van der Waals surface area contributed by atoms with Crippen LogP contribution in [0, 0.1) is 0 Å². The lowest BCUT2D eigenvalue weighted by Crippen LogP contribution is -2.39. The highest BCUT2D eigenvalue weighted by molar-refractivity contribution is 5.79. The lowest BCUT2D eigenvalue weighted by Gasteiger charge is -2.14. The van der Waals surface area contributed by atoms with E-state index in [0.717, 1.165) is 24.4 Å². The van der Waals surface area contributed by atoms with Crippen LogP contribution in [0.15, 0.2) is 41.5 Å². The van der Waals surface area contributed by atoms with Gasteiger partial charge in [-0.25, -0.2) is 15.0 Å². The zero-order valence-electron chi connectivity index (χ0n) is 18.3. The minimum Gasteiger partial charge on any atom is -0.357 e. The van der Waals surface area contributed by atoms with Crippen molar-refractivity contribution in [2.75, 3.05) is 38.0 Å². The Morgan fingerprint density at radius 3 is 2.44 bits per heavy atom. The van der Waals surface area contributed by atoms with Crippen molar-refractivity contribution in [2.24, 2.45) is 4.99 Å². The lowest BCUT2D eigenvalue weighted by atomic mass is 10.1. The van der Waals surface area contributed by atoms with Crippen molar-refractivity contribution in [3.63, 3.8) is 0 Å². The first-order valence-corrected chi connectivity index (χ1v) is 10.9. The summed E-state index contributed by atoms with van der Waals surface area (Å²) in [4.78, 5) is 14.4. The van der Waals surface area contributed by atoms with Crippen LogP contribution < -0.4 is 16.0 Å². The van der Waals surface area contributed by atoms with Crippen molar-refractivity contribution in [1.29, 1.82) is 0 Å². The number of hydrogen-bond acceptors (Lipinski definition) is 5. The van der Waals surface area contributed by atoms with Gasteiger partial charge in [-0.1, -0.05) is 24.3 Å². The van der Waals surface area contributed by atoms with Crippen LogP contribution in [-0.4, -0.2) is 53.6 Å². The molecule has 0 unspecified atom stereocenters. The third-order valence-corrected chi connectivity index (χ3v) is 5.04. The number of aliphatic imine (C=N–C) groups is 1. The highest BCUT2D eigenvalue weighted by Crippen LogP contribution is 2.27. The molecule has 10 heteroatoms. The van der Waals surface area contributed by atoms with E-state index in [4.69, 9.17) is 0 Å². The molecule has 0 atom stereocenters. The zero-order valence-corrected chi connectivity index (χ0v) is 18.3. The fourth-order valence-electron chi connectivity index (χ4n) is 3.42. The van der Waals surface area contributed by atoms with Crippen molar-refractivity contribution in [3.05, 3.63) is 53.3 Å². The van der Waals surface area contributed by atoms with Gasteiger partial charge in [0.1, 0.15) is 5.69 Å². The molecule has 174 valence electrons. The molecule has 1 saturated heterocycles. The van der Waals surface area contributed by atoms with Crippen molar-refractivity contribution < 1.29 is 13.2 Å². The first-order chi connectivity index (χ1) is 15.4. The number of guanidine groups is 1. The Balaban J connectivity index is 1.45. The third-order valence-electron chi connectivity index (χ3n) is 5.04. The first-order valence-electron chi connectivity index (χ1n) is 10.9. The van der Waals surface area contributed by atoms with Crippen molar-refractivity contribution in [2.45, 2.75) is 39.0 Å². The fourth-order valence-corrected chi connectivity index (χ4v) is 3.42. The van der Waals surface area contributed by atoms with Gasteiger partial charge in [-0.3, -0.25) is 4.90 Å². The second-order valence-corrected chi connectivity index (χ2v) is 7.61. The molecule has 1 aliphatic heterocycles. The molecule has 7 nitrogen and oxygen atoms in total. The molecule has 0 saturated carbocycles. The number of nitrogens with one attached hydrogen (secondary N) is 3. The standard InChI is InChI=1S/C22H30F3N7/c1-2-26-20(28-11-12-29-21-27-10-9-19(31-21)22(23,24)25)30-15-17-5-7-18(8-6-17)16-32-13-3-4-14-32/h5-10H,2-4,11-16H2,1H3,(H2,26,28,30)(H,27,29,31). The second-order valence-electron chi connectivity index (χ2n) is 7.61. The van der Waals surface area contributed by atoms with E-state index in [1.165, 1.54) is 31.5 Å². The smallest absolute Gasteiger partial charge is 0.357 e. The van der Waals surface area contributed by atoms with E-state index in [0.29, 0.717) is 32.1 Å². The summed E-state index contributed by atoms with van der Waals surface area (Å²) in [6, 6.07) is 9.36. The molecule has 0 spiro atoms. The summed E-state index contributed by atoms with van der Waals surface area (Å²) in [6.45, 7) is 7.35. The molecule has 1 aromatic carbocycles. The Morgan fingerprint density at radius 2 is 1.75 bits per heavy atom. The molecule has 32 heavy (non-hydrogen) atoms. The molecule has 3 rings (SSSR count). The van der Waals surface area contributed by atoms with E-state index < -0.39 is 11.9 Å². The van der Waals surface area contributed by atoms with E-state index in [1.807, 2.05) is 6.92 Å². The monoisotopic (exact) mass is 449 g/mol. The minimum absolute atomic E-state index is 0.0578. The molecule has 1 fully saturated rings. The number of anilines is 1. The van der Waals surface area contributed by atoms with Crippen molar-refractivity contribution in [3.8, 4) is 0 Å². The molecule has 2 aromatic rings. The second kappa shape index (κ2) is 11.7. The number of hydrogen-bond donors (Lipinski definition) is 3. The third kappa shape index (κ3) is 7.67. The lowest BCUT2D eigenvalue weighted by molar-refractivity contribution is -0.141. The van der Waals surface area contributed by atoms with Gasteiger partial charge in [0.15, 0.2) is 5.96 Å².